The lowest BCUT2D eigenvalue weighted by molar-refractivity contribution is 0.816. The highest BCUT2D eigenvalue weighted by molar-refractivity contribution is 14.0. The van der Waals surface area contributed by atoms with Crippen LogP contribution in [0.5, 0.6) is 0 Å². The molecule has 0 fully saturated rings. The van der Waals surface area contributed by atoms with Gasteiger partial charge in [0.15, 0.2) is 5.96 Å². The fourth-order valence-corrected chi connectivity index (χ4v) is 1.88. The van der Waals surface area contributed by atoms with Gasteiger partial charge in [-0.1, -0.05) is 60.7 Å². The molecular formula is C17H22IN3. The van der Waals surface area contributed by atoms with E-state index in [-0.39, 0.29) is 24.0 Å². The third-order valence-corrected chi connectivity index (χ3v) is 2.91. The van der Waals surface area contributed by atoms with Crippen LogP contribution in [0.25, 0.3) is 0 Å². The first-order chi connectivity index (χ1) is 9.88. The normalized spacial score (nSPS) is 10.6. The summed E-state index contributed by atoms with van der Waals surface area (Å²) in [7, 11) is 0. The molecule has 21 heavy (non-hydrogen) atoms. The molecule has 2 rings (SSSR count). The lowest BCUT2D eigenvalue weighted by Crippen LogP contribution is -2.36. The van der Waals surface area contributed by atoms with Gasteiger partial charge in [-0.15, -0.1) is 24.0 Å². The second-order valence-electron chi connectivity index (χ2n) is 4.52. The molecule has 3 nitrogen and oxygen atoms in total. The second kappa shape index (κ2) is 10.2. The predicted octanol–water partition coefficient (Wildman–Crippen LogP) is 3.56. The van der Waals surface area contributed by atoms with Crippen LogP contribution in [0.4, 0.5) is 0 Å². The summed E-state index contributed by atoms with van der Waals surface area (Å²) in [6.45, 7) is 4.39. The zero-order valence-electron chi connectivity index (χ0n) is 12.3. The van der Waals surface area contributed by atoms with Gasteiger partial charge in [-0.2, -0.15) is 0 Å². The monoisotopic (exact) mass is 395 g/mol. The van der Waals surface area contributed by atoms with Gasteiger partial charge in [-0.3, -0.25) is 0 Å². The van der Waals surface area contributed by atoms with Gasteiger partial charge in [0, 0.05) is 13.1 Å². The van der Waals surface area contributed by atoms with Crippen LogP contribution in [-0.2, 0) is 13.1 Å². The summed E-state index contributed by atoms with van der Waals surface area (Å²) < 4.78 is 0. The van der Waals surface area contributed by atoms with E-state index in [1.807, 2.05) is 36.4 Å². The molecule has 0 bridgehead atoms. The second-order valence-corrected chi connectivity index (χ2v) is 4.52. The topological polar surface area (TPSA) is 36.4 Å². The van der Waals surface area contributed by atoms with Crippen LogP contribution in [0.3, 0.4) is 0 Å². The molecule has 0 radical (unpaired) electrons. The maximum atomic E-state index is 4.59. The van der Waals surface area contributed by atoms with Crippen molar-refractivity contribution in [1.29, 1.82) is 0 Å². The third kappa shape index (κ3) is 6.62. The molecule has 0 heterocycles. The Morgan fingerprint density at radius 1 is 0.857 bits per heavy atom. The van der Waals surface area contributed by atoms with Crippen molar-refractivity contribution in [2.24, 2.45) is 4.99 Å². The molecule has 0 aliphatic heterocycles. The van der Waals surface area contributed by atoms with E-state index < -0.39 is 0 Å². The third-order valence-electron chi connectivity index (χ3n) is 2.91. The number of nitrogens with zero attached hydrogens (tertiary/aromatic N) is 1. The van der Waals surface area contributed by atoms with Crippen molar-refractivity contribution in [3.63, 3.8) is 0 Å². The highest BCUT2D eigenvalue weighted by atomic mass is 127. The lowest BCUT2D eigenvalue weighted by Gasteiger charge is -2.11. The van der Waals surface area contributed by atoms with E-state index in [0.29, 0.717) is 6.54 Å². The molecule has 0 spiro atoms. The van der Waals surface area contributed by atoms with E-state index in [4.69, 9.17) is 0 Å². The Hall–Kier alpha value is -1.56. The molecule has 0 atom stereocenters. The summed E-state index contributed by atoms with van der Waals surface area (Å²) in [6, 6.07) is 20.6. The molecule has 0 saturated carbocycles. The molecule has 2 N–H and O–H groups in total. The maximum absolute atomic E-state index is 4.59. The summed E-state index contributed by atoms with van der Waals surface area (Å²) in [5.41, 5.74) is 2.46. The van der Waals surface area contributed by atoms with Crippen molar-refractivity contribution in [2.75, 3.05) is 6.54 Å². The fraction of sp³-hybridized carbons (Fsp3) is 0.235. The fourth-order valence-electron chi connectivity index (χ4n) is 1.88. The molecule has 0 aromatic heterocycles. The average molecular weight is 395 g/mol. The predicted molar refractivity (Wildman–Crippen MR) is 100.0 cm³/mol. The number of halogens is 1. The van der Waals surface area contributed by atoms with Gasteiger partial charge in [0.2, 0.25) is 0 Å². The number of hydrogen-bond donors (Lipinski definition) is 2. The van der Waals surface area contributed by atoms with E-state index in [1.165, 1.54) is 11.1 Å². The van der Waals surface area contributed by atoms with Crippen LogP contribution in [0, 0.1) is 0 Å². The van der Waals surface area contributed by atoms with Crippen LogP contribution in [0.1, 0.15) is 18.1 Å². The van der Waals surface area contributed by atoms with Gasteiger partial charge in [0.25, 0.3) is 0 Å². The summed E-state index contributed by atoms with van der Waals surface area (Å²) >= 11 is 0. The van der Waals surface area contributed by atoms with Gasteiger partial charge in [-0.05, 0) is 18.1 Å². The largest absolute Gasteiger partial charge is 0.357 e. The molecular weight excluding hydrogens is 373 g/mol. The molecule has 112 valence electrons. The van der Waals surface area contributed by atoms with E-state index in [1.54, 1.807) is 0 Å². The Morgan fingerprint density at radius 2 is 1.43 bits per heavy atom. The van der Waals surface area contributed by atoms with Gasteiger partial charge >= 0.3 is 0 Å². The van der Waals surface area contributed by atoms with Gasteiger partial charge in [0.05, 0.1) is 6.54 Å². The lowest BCUT2D eigenvalue weighted by atomic mass is 10.2. The number of aliphatic imine (C=N–C) groups is 1. The minimum atomic E-state index is 0. The number of guanidine groups is 1. The van der Waals surface area contributed by atoms with Crippen molar-refractivity contribution in [3.8, 4) is 0 Å². The zero-order valence-corrected chi connectivity index (χ0v) is 14.6. The SMILES string of the molecule is CCNC(=NCc1ccccc1)NCc1ccccc1.I. The van der Waals surface area contributed by atoms with Crippen molar-refractivity contribution in [1.82, 2.24) is 10.6 Å². The minimum absolute atomic E-state index is 0. The van der Waals surface area contributed by atoms with Crippen LogP contribution >= 0.6 is 24.0 Å². The van der Waals surface area contributed by atoms with Crippen molar-refractivity contribution in [2.45, 2.75) is 20.0 Å². The maximum Gasteiger partial charge on any atom is 0.191 e. The van der Waals surface area contributed by atoms with Crippen LogP contribution in [0.15, 0.2) is 65.7 Å². The zero-order chi connectivity index (χ0) is 14.0. The first-order valence-electron chi connectivity index (χ1n) is 6.98. The molecule has 0 aliphatic rings. The Labute approximate surface area is 143 Å². The molecule has 2 aromatic rings. The van der Waals surface area contributed by atoms with Crippen molar-refractivity contribution >= 4 is 29.9 Å². The molecule has 0 amide bonds. The number of benzene rings is 2. The minimum Gasteiger partial charge on any atom is -0.357 e. The Bertz CT molecular complexity index is 526. The van der Waals surface area contributed by atoms with E-state index in [0.717, 1.165) is 19.0 Å². The standard InChI is InChI=1S/C17H21N3.HI/c1-2-18-17(19-13-15-9-5-3-6-10-15)20-14-16-11-7-4-8-12-16;/h3-12H,2,13-14H2,1H3,(H2,18,19,20);1H. The summed E-state index contributed by atoms with van der Waals surface area (Å²) in [5.74, 6) is 0.847. The highest BCUT2D eigenvalue weighted by Crippen LogP contribution is 2.00. The van der Waals surface area contributed by atoms with Crippen molar-refractivity contribution in [3.05, 3.63) is 71.8 Å². The average Bonchev–Trinajstić information content (AvgIpc) is 2.52. The molecule has 0 saturated heterocycles. The van der Waals surface area contributed by atoms with E-state index in [9.17, 15) is 0 Å². The van der Waals surface area contributed by atoms with Crippen LogP contribution < -0.4 is 10.6 Å². The van der Waals surface area contributed by atoms with E-state index in [2.05, 4.69) is 46.8 Å². The Balaban J connectivity index is 0.00000220. The first kappa shape index (κ1) is 17.5. The quantitative estimate of drug-likeness (QED) is 0.462. The Kier molecular flexibility index (Phi) is 8.50. The highest BCUT2D eigenvalue weighted by Gasteiger charge is 1.97. The van der Waals surface area contributed by atoms with Gasteiger partial charge < -0.3 is 10.6 Å². The van der Waals surface area contributed by atoms with Crippen LogP contribution in [0.2, 0.25) is 0 Å². The van der Waals surface area contributed by atoms with Crippen molar-refractivity contribution < 1.29 is 0 Å². The number of rotatable bonds is 5. The Morgan fingerprint density at radius 3 is 2.00 bits per heavy atom. The summed E-state index contributed by atoms with van der Waals surface area (Å²) in [6.07, 6.45) is 0. The first-order valence-corrected chi connectivity index (χ1v) is 6.98. The molecule has 0 aliphatic carbocycles. The summed E-state index contributed by atoms with van der Waals surface area (Å²) in [5, 5.41) is 6.61. The van der Waals surface area contributed by atoms with Gasteiger partial charge in [-0.25, -0.2) is 4.99 Å². The number of nitrogens with one attached hydrogen (secondary N) is 2. The molecule has 4 heteroatoms. The number of hydrogen-bond acceptors (Lipinski definition) is 1. The van der Waals surface area contributed by atoms with Gasteiger partial charge in [0.1, 0.15) is 0 Å². The summed E-state index contributed by atoms with van der Waals surface area (Å²) in [4.78, 5) is 4.59. The molecule has 2 aromatic carbocycles. The van der Waals surface area contributed by atoms with Crippen LogP contribution in [-0.4, -0.2) is 12.5 Å². The van der Waals surface area contributed by atoms with E-state index >= 15 is 0 Å². The smallest absolute Gasteiger partial charge is 0.191 e. The molecule has 0 unspecified atom stereocenters.